The highest BCUT2D eigenvalue weighted by atomic mass is 16.3. The minimum absolute atomic E-state index is 0.517. The fraction of sp³-hybridized carbons (Fsp3) is 0.0909. The first-order chi connectivity index (χ1) is 18.1. The molecular weight excluding hydrogens is 454 g/mol. The Balaban J connectivity index is 1.48. The van der Waals surface area contributed by atoms with Crippen LogP contribution in [0.5, 0.6) is 0 Å². The number of hydrogen-bond donors (Lipinski definition) is 0. The largest absolute Gasteiger partial charge is 0.456 e. The molecule has 174 valence electrons. The van der Waals surface area contributed by atoms with Crippen LogP contribution in [0.4, 0.5) is 0 Å². The Morgan fingerprint density at radius 3 is 2.43 bits per heavy atom. The summed E-state index contributed by atoms with van der Waals surface area (Å²) in [6, 6.07) is 33.4. The van der Waals surface area contributed by atoms with Crippen molar-refractivity contribution in [2.75, 3.05) is 0 Å². The molecule has 0 N–H and O–H groups in total. The van der Waals surface area contributed by atoms with Crippen molar-refractivity contribution < 1.29 is 4.42 Å². The summed E-state index contributed by atoms with van der Waals surface area (Å²) in [6.45, 7) is 1.99. The van der Waals surface area contributed by atoms with Gasteiger partial charge in [0.15, 0.2) is 0 Å². The number of furan rings is 1. The Morgan fingerprint density at radius 1 is 0.838 bits per heavy atom. The van der Waals surface area contributed by atoms with E-state index in [4.69, 9.17) is 4.42 Å². The molecule has 1 atom stereocenters. The van der Waals surface area contributed by atoms with Crippen LogP contribution in [0.2, 0.25) is 0 Å². The number of fused-ring (bicyclic) bond motifs is 6. The molecule has 37 heavy (non-hydrogen) atoms. The highest BCUT2D eigenvalue weighted by molar-refractivity contribution is 6.07. The lowest BCUT2D eigenvalue weighted by Crippen LogP contribution is -2.18. The molecule has 1 unspecified atom stereocenters. The fourth-order valence-corrected chi connectivity index (χ4v) is 5.64. The summed E-state index contributed by atoms with van der Waals surface area (Å²) in [5.74, 6) is 0. The van der Waals surface area contributed by atoms with Gasteiger partial charge in [0.05, 0.1) is 34.3 Å². The van der Waals surface area contributed by atoms with Gasteiger partial charge in [-0.3, -0.25) is 0 Å². The van der Waals surface area contributed by atoms with E-state index >= 15 is 0 Å². The average Bonchev–Trinajstić information content (AvgIpc) is 3.47. The molecule has 0 bridgehead atoms. The molecule has 6 aromatic rings. The van der Waals surface area contributed by atoms with Crippen LogP contribution >= 0.6 is 0 Å². The van der Waals surface area contributed by atoms with Crippen LogP contribution in [0, 0.1) is 28.1 Å². The maximum Gasteiger partial charge on any atom is 0.135 e. The first-order valence-corrected chi connectivity index (χ1v) is 12.3. The smallest absolute Gasteiger partial charge is 0.135 e. The number of para-hydroxylation sites is 2. The van der Waals surface area contributed by atoms with E-state index in [0.717, 1.165) is 50.0 Å². The molecule has 4 heteroatoms. The topological polar surface area (TPSA) is 65.7 Å². The minimum atomic E-state index is -0.517. The highest BCUT2D eigenvalue weighted by Crippen LogP contribution is 2.42. The molecule has 7 rings (SSSR count). The van der Waals surface area contributed by atoms with Gasteiger partial charge in [0.25, 0.3) is 0 Å². The predicted octanol–water partition coefficient (Wildman–Crippen LogP) is 8.17. The number of aromatic nitrogens is 1. The van der Waals surface area contributed by atoms with E-state index in [1.807, 2.05) is 31.2 Å². The van der Waals surface area contributed by atoms with Crippen LogP contribution in [0.3, 0.4) is 0 Å². The van der Waals surface area contributed by atoms with E-state index in [2.05, 4.69) is 83.4 Å². The average molecular weight is 476 g/mol. The van der Waals surface area contributed by atoms with E-state index in [9.17, 15) is 10.5 Å². The van der Waals surface area contributed by atoms with Gasteiger partial charge in [-0.05, 0) is 73.0 Å². The number of rotatable bonds is 2. The maximum atomic E-state index is 9.81. The lowest BCUT2D eigenvalue weighted by atomic mass is 9.80. The van der Waals surface area contributed by atoms with Crippen molar-refractivity contribution in [2.24, 2.45) is 5.41 Å². The first-order valence-electron chi connectivity index (χ1n) is 12.3. The summed E-state index contributed by atoms with van der Waals surface area (Å²) >= 11 is 0. The summed E-state index contributed by atoms with van der Waals surface area (Å²) in [7, 11) is 0. The summed E-state index contributed by atoms with van der Waals surface area (Å²) in [4.78, 5) is 0. The zero-order chi connectivity index (χ0) is 25.1. The number of hydrogen-bond acceptors (Lipinski definition) is 3. The second-order valence-electron chi connectivity index (χ2n) is 9.91. The van der Waals surface area contributed by atoms with E-state index in [1.165, 1.54) is 10.9 Å². The summed E-state index contributed by atoms with van der Waals surface area (Å²) in [5.41, 5.74) is 8.37. The third kappa shape index (κ3) is 3.13. The van der Waals surface area contributed by atoms with Crippen molar-refractivity contribution >= 4 is 38.9 Å². The van der Waals surface area contributed by atoms with E-state index in [0.29, 0.717) is 12.0 Å². The van der Waals surface area contributed by atoms with Crippen LogP contribution in [-0.4, -0.2) is 4.57 Å². The van der Waals surface area contributed by atoms with E-state index in [-0.39, 0.29) is 0 Å². The van der Waals surface area contributed by atoms with Gasteiger partial charge in [-0.25, -0.2) is 0 Å². The van der Waals surface area contributed by atoms with Gasteiger partial charge in [0.2, 0.25) is 0 Å². The molecule has 1 aliphatic carbocycles. The van der Waals surface area contributed by atoms with Gasteiger partial charge in [0, 0.05) is 27.4 Å². The Hall–Kier alpha value is -5.06. The van der Waals surface area contributed by atoms with Crippen LogP contribution in [0.1, 0.15) is 23.7 Å². The van der Waals surface area contributed by atoms with Crippen molar-refractivity contribution in [3.63, 3.8) is 0 Å². The normalized spacial score (nSPS) is 16.6. The summed E-state index contributed by atoms with van der Waals surface area (Å²) in [5, 5.41) is 22.3. The molecule has 2 aromatic heterocycles. The number of nitriles is 2. The maximum absolute atomic E-state index is 9.81. The quantitative estimate of drug-likeness (QED) is 0.254. The molecular formula is C33H21N3O. The van der Waals surface area contributed by atoms with Gasteiger partial charge in [-0.1, -0.05) is 48.5 Å². The van der Waals surface area contributed by atoms with Gasteiger partial charge in [0.1, 0.15) is 11.2 Å². The Kier molecular flexibility index (Phi) is 4.43. The predicted molar refractivity (Wildman–Crippen MR) is 147 cm³/mol. The van der Waals surface area contributed by atoms with Crippen molar-refractivity contribution in [3.05, 3.63) is 108 Å². The van der Waals surface area contributed by atoms with Crippen molar-refractivity contribution in [3.8, 4) is 29.0 Å². The monoisotopic (exact) mass is 475 g/mol. The zero-order valence-electron chi connectivity index (χ0n) is 20.2. The SMILES string of the molecule is CC1(C#N)C=Cc2c(c3ccccc3n2-c2ccccc2-c2ccc3oc4ccc(C#N)cc4c3c2)C1. The van der Waals surface area contributed by atoms with Crippen molar-refractivity contribution in [1.82, 2.24) is 4.57 Å². The summed E-state index contributed by atoms with van der Waals surface area (Å²) < 4.78 is 8.38. The molecule has 0 spiro atoms. The lowest BCUT2D eigenvalue weighted by molar-refractivity contribution is 0.562. The van der Waals surface area contributed by atoms with E-state index in [1.54, 1.807) is 6.07 Å². The first kappa shape index (κ1) is 21.2. The molecule has 0 aliphatic heterocycles. The Bertz CT molecular complexity index is 2010. The number of allylic oxidation sites excluding steroid dienone is 1. The zero-order valence-corrected chi connectivity index (χ0v) is 20.2. The van der Waals surface area contributed by atoms with Gasteiger partial charge < -0.3 is 8.98 Å². The molecule has 4 nitrogen and oxygen atoms in total. The second-order valence-corrected chi connectivity index (χ2v) is 9.91. The van der Waals surface area contributed by atoms with Crippen molar-refractivity contribution in [1.29, 1.82) is 10.5 Å². The number of nitrogens with zero attached hydrogens (tertiary/aromatic N) is 3. The fourth-order valence-electron chi connectivity index (χ4n) is 5.64. The van der Waals surface area contributed by atoms with Gasteiger partial charge in [-0.15, -0.1) is 0 Å². The van der Waals surface area contributed by atoms with Crippen LogP contribution < -0.4 is 0 Å². The molecule has 0 radical (unpaired) electrons. The second kappa shape index (κ2) is 7.72. The van der Waals surface area contributed by atoms with Gasteiger partial charge >= 0.3 is 0 Å². The van der Waals surface area contributed by atoms with Crippen LogP contribution in [-0.2, 0) is 6.42 Å². The Morgan fingerprint density at radius 2 is 1.59 bits per heavy atom. The van der Waals surface area contributed by atoms with E-state index < -0.39 is 5.41 Å². The molecule has 0 amide bonds. The molecule has 2 heterocycles. The van der Waals surface area contributed by atoms with Crippen LogP contribution in [0.25, 0.3) is 55.7 Å². The molecule has 0 saturated heterocycles. The summed E-state index contributed by atoms with van der Waals surface area (Å²) in [6.07, 6.45) is 4.82. The highest BCUT2D eigenvalue weighted by Gasteiger charge is 2.30. The van der Waals surface area contributed by atoms with Crippen LogP contribution in [0.15, 0.2) is 95.4 Å². The minimum Gasteiger partial charge on any atom is -0.456 e. The molecule has 1 aliphatic rings. The van der Waals surface area contributed by atoms with Crippen molar-refractivity contribution in [2.45, 2.75) is 13.3 Å². The molecule has 0 saturated carbocycles. The number of benzene rings is 4. The van der Waals surface area contributed by atoms with Gasteiger partial charge in [-0.2, -0.15) is 10.5 Å². The third-order valence-electron chi connectivity index (χ3n) is 7.48. The Labute approximate surface area is 213 Å². The molecule has 4 aromatic carbocycles. The third-order valence-corrected chi connectivity index (χ3v) is 7.48. The standard InChI is InChI=1S/C33H21N3O/c1-33(20-35)15-14-30-27(18-33)24-7-3-5-9-29(24)36(30)28-8-4-2-6-23(28)22-11-13-32-26(17-22)25-16-21(19-34)10-12-31(25)37-32/h2-17H,18H2,1H3. The lowest BCUT2D eigenvalue weighted by Gasteiger charge is -2.23. The molecule has 0 fully saturated rings.